The molecule has 0 aliphatic heterocycles. The van der Waals surface area contributed by atoms with E-state index in [-0.39, 0.29) is 6.42 Å². The summed E-state index contributed by atoms with van der Waals surface area (Å²) in [5.41, 5.74) is 0.288. The Balaban J connectivity index is 2.69. The lowest BCUT2D eigenvalue weighted by Crippen LogP contribution is -2.37. The molecule has 0 atom stereocenters. The summed E-state index contributed by atoms with van der Waals surface area (Å²) in [4.78, 5) is 28.3. The van der Waals surface area contributed by atoms with E-state index in [1.54, 1.807) is 39.2 Å². The number of carboxylic acid groups (broad SMARTS) is 1. The highest BCUT2D eigenvalue weighted by molar-refractivity contribution is 5.69. The van der Waals surface area contributed by atoms with Crippen LogP contribution in [0.3, 0.4) is 0 Å². The Bertz CT molecular complexity index is 468. The van der Waals surface area contributed by atoms with Crippen LogP contribution in [0.2, 0.25) is 0 Å². The van der Waals surface area contributed by atoms with Crippen LogP contribution in [0, 0.1) is 0 Å². The van der Waals surface area contributed by atoms with Crippen LogP contribution in [-0.4, -0.2) is 39.2 Å². The number of nitrogens with zero attached hydrogens (tertiary/aromatic N) is 2. The molecule has 0 unspecified atom stereocenters. The minimum Gasteiger partial charge on any atom is -0.481 e. The van der Waals surface area contributed by atoms with Crippen molar-refractivity contribution < 1.29 is 19.4 Å². The van der Waals surface area contributed by atoms with Crippen molar-refractivity contribution in [3.8, 4) is 0 Å². The zero-order valence-corrected chi connectivity index (χ0v) is 12.7. The van der Waals surface area contributed by atoms with Crippen LogP contribution < -0.4 is 0 Å². The van der Waals surface area contributed by atoms with Crippen molar-refractivity contribution in [3.63, 3.8) is 0 Å². The predicted molar refractivity (Wildman–Crippen MR) is 77.8 cm³/mol. The van der Waals surface area contributed by atoms with Crippen LogP contribution in [0.5, 0.6) is 0 Å². The molecule has 0 aliphatic rings. The number of hydrogen-bond acceptors (Lipinski definition) is 4. The van der Waals surface area contributed by atoms with E-state index >= 15 is 0 Å². The zero-order chi connectivity index (χ0) is 15.9. The highest BCUT2D eigenvalue weighted by Gasteiger charge is 2.22. The topological polar surface area (TPSA) is 79.7 Å². The molecule has 21 heavy (non-hydrogen) atoms. The summed E-state index contributed by atoms with van der Waals surface area (Å²) in [6, 6.07) is 3.65. The van der Waals surface area contributed by atoms with Crippen molar-refractivity contribution >= 4 is 12.1 Å². The van der Waals surface area contributed by atoms with Gasteiger partial charge in [-0.3, -0.25) is 9.78 Å². The minimum atomic E-state index is -0.875. The molecular weight excluding hydrogens is 272 g/mol. The van der Waals surface area contributed by atoms with Gasteiger partial charge in [-0.25, -0.2) is 4.79 Å². The maximum atomic E-state index is 12.2. The average molecular weight is 294 g/mol. The summed E-state index contributed by atoms with van der Waals surface area (Å²) in [7, 11) is 0. The third-order valence-corrected chi connectivity index (χ3v) is 2.57. The van der Waals surface area contributed by atoms with Crippen LogP contribution in [0.15, 0.2) is 24.5 Å². The largest absolute Gasteiger partial charge is 0.481 e. The molecule has 0 radical (unpaired) electrons. The molecule has 0 saturated carbocycles. The summed E-state index contributed by atoms with van der Waals surface area (Å²) in [5, 5.41) is 8.70. The van der Waals surface area contributed by atoms with E-state index in [0.29, 0.717) is 19.5 Å². The lowest BCUT2D eigenvalue weighted by atomic mass is 10.2. The Morgan fingerprint density at radius 2 is 2.10 bits per heavy atom. The second kappa shape index (κ2) is 7.61. The molecular formula is C15H22N2O4. The van der Waals surface area contributed by atoms with Crippen LogP contribution in [0.25, 0.3) is 0 Å². The standard InChI is InChI=1S/C15H22N2O4/c1-15(2,3)21-14(20)17(9-5-7-13(18)19)11-12-6-4-8-16-10-12/h4,6,8,10H,5,7,9,11H2,1-3H3,(H,18,19). The summed E-state index contributed by atoms with van der Waals surface area (Å²) < 4.78 is 5.35. The van der Waals surface area contributed by atoms with Crippen LogP contribution in [0.1, 0.15) is 39.2 Å². The Kier molecular flexibility index (Phi) is 6.14. The van der Waals surface area contributed by atoms with Crippen molar-refractivity contribution in [1.82, 2.24) is 9.88 Å². The molecule has 1 heterocycles. The van der Waals surface area contributed by atoms with Crippen molar-refractivity contribution in [1.29, 1.82) is 0 Å². The SMILES string of the molecule is CC(C)(C)OC(=O)N(CCCC(=O)O)Cc1cccnc1. The van der Waals surface area contributed by atoms with E-state index in [1.165, 1.54) is 4.90 Å². The Hall–Kier alpha value is -2.11. The molecule has 1 N–H and O–H groups in total. The fourth-order valence-corrected chi connectivity index (χ4v) is 1.69. The first-order chi connectivity index (χ1) is 9.78. The number of rotatable bonds is 6. The first-order valence-electron chi connectivity index (χ1n) is 6.86. The molecule has 0 spiro atoms. The van der Waals surface area contributed by atoms with E-state index < -0.39 is 17.7 Å². The Labute approximate surface area is 124 Å². The lowest BCUT2D eigenvalue weighted by molar-refractivity contribution is -0.137. The first-order valence-corrected chi connectivity index (χ1v) is 6.86. The van der Waals surface area contributed by atoms with Gasteiger partial charge in [0.25, 0.3) is 0 Å². The van der Waals surface area contributed by atoms with Gasteiger partial charge in [0.05, 0.1) is 6.54 Å². The summed E-state index contributed by atoms with van der Waals surface area (Å²) in [6.45, 7) is 6.07. The van der Waals surface area contributed by atoms with E-state index in [1.807, 2.05) is 6.07 Å². The number of ether oxygens (including phenoxy) is 1. The molecule has 1 rings (SSSR count). The molecule has 1 aromatic heterocycles. The smallest absolute Gasteiger partial charge is 0.410 e. The van der Waals surface area contributed by atoms with Gasteiger partial charge in [0.15, 0.2) is 0 Å². The van der Waals surface area contributed by atoms with Crippen molar-refractivity contribution in [2.24, 2.45) is 0 Å². The highest BCUT2D eigenvalue weighted by atomic mass is 16.6. The number of carbonyl (C=O) groups excluding carboxylic acids is 1. The van der Waals surface area contributed by atoms with Gasteiger partial charge >= 0.3 is 12.1 Å². The van der Waals surface area contributed by atoms with Crippen molar-refractivity contribution in [2.75, 3.05) is 6.54 Å². The maximum absolute atomic E-state index is 12.2. The highest BCUT2D eigenvalue weighted by Crippen LogP contribution is 2.13. The molecule has 0 aromatic carbocycles. The monoisotopic (exact) mass is 294 g/mol. The summed E-state index contributed by atoms with van der Waals surface area (Å²) in [5.74, 6) is -0.875. The second-order valence-corrected chi connectivity index (χ2v) is 5.76. The van der Waals surface area contributed by atoms with E-state index in [4.69, 9.17) is 9.84 Å². The number of aliphatic carboxylic acids is 1. The van der Waals surface area contributed by atoms with E-state index in [0.717, 1.165) is 5.56 Å². The Morgan fingerprint density at radius 3 is 2.62 bits per heavy atom. The van der Waals surface area contributed by atoms with Gasteiger partial charge in [0, 0.05) is 25.4 Å². The summed E-state index contributed by atoms with van der Waals surface area (Å²) >= 11 is 0. The average Bonchev–Trinajstić information content (AvgIpc) is 2.36. The number of hydrogen-bond donors (Lipinski definition) is 1. The predicted octanol–water partition coefficient (Wildman–Crippen LogP) is 2.68. The molecule has 1 aromatic rings. The van der Waals surface area contributed by atoms with Crippen LogP contribution >= 0.6 is 0 Å². The minimum absolute atomic E-state index is 0.0202. The van der Waals surface area contributed by atoms with Crippen molar-refractivity contribution in [2.45, 2.75) is 45.8 Å². The molecule has 6 heteroatoms. The third kappa shape index (κ3) is 7.29. The quantitative estimate of drug-likeness (QED) is 0.872. The maximum Gasteiger partial charge on any atom is 0.410 e. The van der Waals surface area contributed by atoms with Gasteiger partial charge in [-0.2, -0.15) is 0 Å². The molecule has 116 valence electrons. The first kappa shape index (κ1) is 16.9. The van der Waals surface area contributed by atoms with Crippen molar-refractivity contribution in [3.05, 3.63) is 30.1 Å². The fourth-order valence-electron chi connectivity index (χ4n) is 1.69. The number of pyridine rings is 1. The van der Waals surface area contributed by atoms with Gasteiger partial charge in [-0.05, 0) is 38.8 Å². The molecule has 0 saturated heterocycles. The Morgan fingerprint density at radius 1 is 1.38 bits per heavy atom. The van der Waals surface area contributed by atoms with E-state index in [9.17, 15) is 9.59 Å². The normalized spacial score (nSPS) is 11.0. The van der Waals surface area contributed by atoms with Gasteiger partial charge in [0.1, 0.15) is 5.60 Å². The molecule has 0 aliphatic carbocycles. The molecule has 1 amide bonds. The zero-order valence-electron chi connectivity index (χ0n) is 12.7. The van der Waals surface area contributed by atoms with E-state index in [2.05, 4.69) is 4.98 Å². The lowest BCUT2D eigenvalue weighted by Gasteiger charge is -2.27. The summed E-state index contributed by atoms with van der Waals surface area (Å²) in [6.07, 6.45) is 3.29. The molecule has 6 nitrogen and oxygen atoms in total. The number of aromatic nitrogens is 1. The molecule has 0 fully saturated rings. The third-order valence-electron chi connectivity index (χ3n) is 2.57. The number of carbonyl (C=O) groups is 2. The van der Waals surface area contributed by atoms with Crippen LogP contribution in [0.4, 0.5) is 4.79 Å². The number of amides is 1. The second-order valence-electron chi connectivity index (χ2n) is 5.76. The number of carboxylic acids is 1. The van der Waals surface area contributed by atoms with Gasteiger partial charge < -0.3 is 14.7 Å². The fraction of sp³-hybridized carbons (Fsp3) is 0.533. The van der Waals surface area contributed by atoms with Gasteiger partial charge in [-0.15, -0.1) is 0 Å². The van der Waals surface area contributed by atoms with Gasteiger partial charge in [0.2, 0.25) is 0 Å². The van der Waals surface area contributed by atoms with Gasteiger partial charge in [-0.1, -0.05) is 6.07 Å². The van der Waals surface area contributed by atoms with Crippen LogP contribution in [-0.2, 0) is 16.1 Å². The molecule has 0 bridgehead atoms.